The molecule has 0 N–H and O–H groups in total. The van der Waals surface area contributed by atoms with Gasteiger partial charge in [-0.15, -0.1) is 9.75 Å². The van der Waals surface area contributed by atoms with Crippen LogP contribution in [-0.4, -0.2) is 69.9 Å². The number of carbonyl (C=O) groups is 4. The highest BCUT2D eigenvalue weighted by molar-refractivity contribution is 6.20. The number of aryl methyl sites for hydroxylation is 1. The maximum Gasteiger partial charge on any atom is 0.410 e. The first kappa shape index (κ1) is 35.4. The predicted molar refractivity (Wildman–Crippen MR) is 193 cm³/mol. The van der Waals surface area contributed by atoms with Gasteiger partial charge in [-0.05, 0) is 56.2 Å². The number of aromatic nitrogens is 2. The molecule has 0 radical (unpaired) electrons. The van der Waals surface area contributed by atoms with Crippen molar-refractivity contribution in [1.29, 1.82) is 0 Å². The number of likely N-dealkylation sites (tertiary alicyclic amines) is 1. The largest absolute Gasteiger partial charge is 0.490 e. The summed E-state index contributed by atoms with van der Waals surface area (Å²) in [4.78, 5) is 60.5. The van der Waals surface area contributed by atoms with Crippen LogP contribution in [0.5, 0.6) is 5.75 Å². The van der Waals surface area contributed by atoms with Gasteiger partial charge in [0.05, 0.1) is 29.3 Å². The predicted octanol–water partition coefficient (Wildman–Crippen LogP) is 5.64. The normalized spacial score (nSPS) is 15.0. The maximum atomic E-state index is 14.0. The molecule has 2 aliphatic rings. The number of imide groups is 1. The minimum absolute atomic E-state index is 0.180. The third-order valence-electron chi connectivity index (χ3n) is 9.17. The molecule has 5 aromatic rings. The zero-order chi connectivity index (χ0) is 37.3. The monoisotopic (exact) mass is 717 g/mol. The lowest BCUT2D eigenvalue weighted by Crippen LogP contribution is -2.54. The van der Waals surface area contributed by atoms with Crippen LogP contribution in [0.4, 0.5) is 4.79 Å². The van der Waals surface area contributed by atoms with Gasteiger partial charge in [0.1, 0.15) is 18.0 Å². The Labute approximate surface area is 307 Å². The standard InChI is InChI=1S/C41H41N4O8/c1-41(2,3)52-40(49)43-22-27(23-43)24-44-25-30-21-31(19-20-34(30)42(44)4)50-26-35(53-45-37(46)32-17-11-12-18-33(32)38(45)47)39(48)51-36(28-13-7-5-8-14-28)29-15-9-6-10-16-29/h5-21,25,27,35-36H,22-24,26H2,1-4H3/q+1. The fourth-order valence-electron chi connectivity index (χ4n) is 6.49. The van der Waals surface area contributed by atoms with E-state index in [0.29, 0.717) is 30.4 Å². The zero-order valence-electron chi connectivity index (χ0n) is 30.0. The Bertz CT molecular complexity index is 2080. The van der Waals surface area contributed by atoms with Gasteiger partial charge < -0.3 is 19.1 Å². The first-order valence-corrected chi connectivity index (χ1v) is 17.5. The Kier molecular flexibility index (Phi) is 9.72. The molecule has 12 heteroatoms. The molecule has 53 heavy (non-hydrogen) atoms. The molecule has 12 nitrogen and oxygen atoms in total. The van der Waals surface area contributed by atoms with Crippen molar-refractivity contribution in [3.63, 3.8) is 0 Å². The number of hydrogen-bond acceptors (Lipinski definition) is 8. The van der Waals surface area contributed by atoms with Crippen molar-refractivity contribution in [1.82, 2.24) is 14.6 Å². The average molecular weight is 718 g/mol. The molecule has 0 aliphatic carbocycles. The summed E-state index contributed by atoms with van der Waals surface area (Å²) in [6.07, 6.45) is -0.581. The Morgan fingerprint density at radius 2 is 1.42 bits per heavy atom. The Morgan fingerprint density at radius 3 is 2.00 bits per heavy atom. The first-order valence-electron chi connectivity index (χ1n) is 17.5. The van der Waals surface area contributed by atoms with Crippen LogP contribution in [0.15, 0.2) is 109 Å². The van der Waals surface area contributed by atoms with E-state index >= 15 is 0 Å². The van der Waals surface area contributed by atoms with Gasteiger partial charge in [0.15, 0.2) is 13.2 Å². The lowest BCUT2D eigenvalue weighted by molar-refractivity contribution is -0.731. The molecule has 1 aromatic heterocycles. The minimum Gasteiger partial charge on any atom is -0.490 e. The summed E-state index contributed by atoms with van der Waals surface area (Å²) in [6, 6.07) is 30.5. The number of amides is 3. The summed E-state index contributed by atoms with van der Waals surface area (Å²) < 4.78 is 21.8. The summed E-state index contributed by atoms with van der Waals surface area (Å²) in [5, 5.41) is 1.50. The van der Waals surface area contributed by atoms with Gasteiger partial charge in [0.2, 0.25) is 11.6 Å². The first-order chi connectivity index (χ1) is 25.4. The van der Waals surface area contributed by atoms with Crippen LogP contribution < -0.4 is 9.42 Å². The summed E-state index contributed by atoms with van der Waals surface area (Å²) in [6.45, 7) is 7.12. The molecule has 1 unspecified atom stereocenters. The van der Waals surface area contributed by atoms with Crippen LogP contribution in [0.2, 0.25) is 0 Å². The number of benzene rings is 4. The number of rotatable bonds is 11. The second-order valence-corrected chi connectivity index (χ2v) is 14.2. The Balaban J connectivity index is 1.08. The van der Waals surface area contributed by atoms with Gasteiger partial charge in [-0.25, -0.2) is 14.4 Å². The molecule has 0 saturated carbocycles. The van der Waals surface area contributed by atoms with E-state index in [1.807, 2.05) is 111 Å². The lowest BCUT2D eigenvalue weighted by Gasteiger charge is -2.39. The summed E-state index contributed by atoms with van der Waals surface area (Å²) >= 11 is 0. The highest BCUT2D eigenvalue weighted by atomic mass is 16.7. The van der Waals surface area contributed by atoms with Gasteiger partial charge in [0, 0.05) is 25.1 Å². The minimum atomic E-state index is -1.49. The van der Waals surface area contributed by atoms with Gasteiger partial charge in [-0.2, -0.15) is 4.68 Å². The van der Waals surface area contributed by atoms with Gasteiger partial charge >= 0.3 is 12.1 Å². The van der Waals surface area contributed by atoms with Crippen molar-refractivity contribution in [2.24, 2.45) is 13.0 Å². The smallest absolute Gasteiger partial charge is 0.410 e. The van der Waals surface area contributed by atoms with Crippen LogP contribution in [0.3, 0.4) is 0 Å². The summed E-state index contributed by atoms with van der Waals surface area (Å²) in [5.41, 5.74) is 2.23. The second-order valence-electron chi connectivity index (χ2n) is 14.2. The molecule has 1 fully saturated rings. The van der Waals surface area contributed by atoms with Crippen molar-refractivity contribution < 1.29 is 42.9 Å². The quantitative estimate of drug-likeness (QED) is 0.0979. The lowest BCUT2D eigenvalue weighted by atomic mass is 10.0. The SMILES string of the molecule is C[n+]1c2ccc(OCC(ON3C(=O)c4ccccc4C3=O)C(=O)OC(c3ccccc3)c3ccccc3)cc2cn1CC1CN(C(=O)OC(C)(C)C)C1. The van der Waals surface area contributed by atoms with E-state index in [4.69, 9.17) is 19.0 Å². The molecule has 3 amide bonds. The molecule has 272 valence electrons. The number of hydrogen-bond donors (Lipinski definition) is 0. The van der Waals surface area contributed by atoms with Crippen molar-refractivity contribution in [2.75, 3.05) is 19.7 Å². The summed E-state index contributed by atoms with van der Waals surface area (Å²) in [5.74, 6) is -1.46. The maximum absolute atomic E-state index is 14.0. The van der Waals surface area contributed by atoms with Crippen molar-refractivity contribution in [3.05, 3.63) is 132 Å². The molecule has 1 atom stereocenters. The number of carbonyl (C=O) groups excluding carboxylic acids is 4. The molecule has 0 bridgehead atoms. The van der Waals surface area contributed by atoms with E-state index in [-0.39, 0.29) is 29.7 Å². The topological polar surface area (TPSA) is 120 Å². The number of nitrogens with zero attached hydrogens (tertiary/aromatic N) is 4. The van der Waals surface area contributed by atoms with Crippen LogP contribution in [0, 0.1) is 5.92 Å². The van der Waals surface area contributed by atoms with Crippen LogP contribution in [-0.2, 0) is 32.7 Å². The van der Waals surface area contributed by atoms with E-state index in [1.54, 1.807) is 23.1 Å². The highest BCUT2D eigenvalue weighted by Gasteiger charge is 2.41. The molecule has 4 aromatic carbocycles. The van der Waals surface area contributed by atoms with Gasteiger partial charge in [-0.1, -0.05) is 72.8 Å². The Hall–Kier alpha value is -6.01. The van der Waals surface area contributed by atoms with E-state index in [1.165, 1.54) is 12.1 Å². The zero-order valence-corrected chi connectivity index (χ0v) is 30.0. The number of hydroxylamine groups is 2. The second kappa shape index (κ2) is 14.5. The van der Waals surface area contributed by atoms with Crippen LogP contribution in [0.1, 0.15) is 58.7 Å². The molecular weight excluding hydrogens is 676 g/mol. The average Bonchev–Trinajstić information content (AvgIpc) is 3.57. The molecule has 3 heterocycles. The fourth-order valence-corrected chi connectivity index (χ4v) is 6.49. The number of esters is 1. The van der Waals surface area contributed by atoms with E-state index in [0.717, 1.165) is 22.0 Å². The van der Waals surface area contributed by atoms with Gasteiger partial charge in [0.25, 0.3) is 11.8 Å². The molecule has 1 saturated heterocycles. The molecular formula is C41H41N4O8+. The molecule has 2 aliphatic heterocycles. The molecule has 0 spiro atoms. The number of fused-ring (bicyclic) bond motifs is 2. The van der Waals surface area contributed by atoms with Gasteiger partial charge in [-0.3, -0.25) is 9.59 Å². The van der Waals surface area contributed by atoms with Crippen molar-refractivity contribution >= 4 is 34.8 Å². The molecule has 7 rings (SSSR count). The van der Waals surface area contributed by atoms with E-state index in [9.17, 15) is 19.2 Å². The summed E-state index contributed by atoms with van der Waals surface area (Å²) in [7, 11) is 1.96. The van der Waals surface area contributed by atoms with E-state index in [2.05, 4.69) is 4.68 Å². The van der Waals surface area contributed by atoms with Crippen molar-refractivity contribution in [2.45, 2.75) is 45.1 Å². The van der Waals surface area contributed by atoms with Crippen LogP contribution >= 0.6 is 0 Å². The number of ether oxygens (including phenoxy) is 3. The van der Waals surface area contributed by atoms with Crippen LogP contribution in [0.25, 0.3) is 10.9 Å². The third-order valence-corrected chi connectivity index (χ3v) is 9.17. The van der Waals surface area contributed by atoms with E-state index < -0.39 is 35.6 Å². The Morgan fingerprint density at radius 1 is 0.830 bits per heavy atom. The fraction of sp³-hybridized carbons (Fsp3) is 0.293. The highest BCUT2D eigenvalue weighted by Crippen LogP contribution is 2.29. The van der Waals surface area contributed by atoms with Crippen molar-refractivity contribution in [3.8, 4) is 5.75 Å². The third kappa shape index (κ3) is 7.63.